The molecule has 4 heteroatoms. The molecule has 1 aromatic carbocycles. The van der Waals surface area contributed by atoms with Crippen LogP contribution in [0.25, 0.3) is 0 Å². The number of likely N-dealkylation sites (tertiary alicyclic amines) is 1. The molecule has 1 aromatic rings. The molecule has 1 unspecified atom stereocenters. The van der Waals surface area contributed by atoms with Gasteiger partial charge >= 0.3 is 0 Å². The monoisotopic (exact) mass is 295 g/mol. The summed E-state index contributed by atoms with van der Waals surface area (Å²) in [5.74, 6) is 1.50. The van der Waals surface area contributed by atoms with E-state index in [-0.39, 0.29) is 5.91 Å². The van der Waals surface area contributed by atoms with Crippen LogP contribution in [-0.2, 0) is 4.79 Å². The number of quaternary nitrogens is 1. The van der Waals surface area contributed by atoms with Crippen LogP contribution in [0.5, 0.6) is 0 Å². The molecular formula is C16H24ClN2O+. The van der Waals surface area contributed by atoms with Crippen LogP contribution in [0, 0.1) is 18.8 Å². The van der Waals surface area contributed by atoms with Crippen LogP contribution in [0.4, 0.5) is 5.69 Å². The van der Waals surface area contributed by atoms with Crippen LogP contribution >= 0.6 is 11.6 Å². The lowest BCUT2D eigenvalue weighted by Crippen LogP contribution is -3.15. The van der Waals surface area contributed by atoms with Gasteiger partial charge in [0.25, 0.3) is 5.91 Å². The van der Waals surface area contributed by atoms with Gasteiger partial charge in [0.2, 0.25) is 0 Å². The van der Waals surface area contributed by atoms with Crippen molar-refractivity contribution in [2.24, 2.45) is 11.8 Å². The second-order valence-electron chi connectivity index (χ2n) is 6.29. The van der Waals surface area contributed by atoms with Gasteiger partial charge < -0.3 is 10.2 Å². The number of anilines is 1. The summed E-state index contributed by atoms with van der Waals surface area (Å²) in [5, 5.41) is 3.69. The Hall–Kier alpha value is -1.06. The lowest BCUT2D eigenvalue weighted by atomic mass is 9.92. The Kier molecular flexibility index (Phi) is 5.06. The number of benzene rings is 1. The number of piperidine rings is 1. The average Bonchev–Trinajstić information content (AvgIpc) is 2.31. The average molecular weight is 296 g/mol. The number of nitrogens with one attached hydrogen (secondary N) is 2. The molecular weight excluding hydrogens is 272 g/mol. The molecule has 110 valence electrons. The summed E-state index contributed by atoms with van der Waals surface area (Å²) in [4.78, 5) is 13.6. The van der Waals surface area contributed by atoms with E-state index in [9.17, 15) is 4.79 Å². The van der Waals surface area contributed by atoms with E-state index < -0.39 is 0 Å². The van der Waals surface area contributed by atoms with Gasteiger partial charge in [-0.15, -0.1) is 0 Å². The van der Waals surface area contributed by atoms with Crippen molar-refractivity contribution < 1.29 is 9.69 Å². The highest BCUT2D eigenvalue weighted by Gasteiger charge is 2.26. The summed E-state index contributed by atoms with van der Waals surface area (Å²) >= 11 is 5.92. The van der Waals surface area contributed by atoms with Crippen molar-refractivity contribution in [2.45, 2.75) is 27.2 Å². The minimum absolute atomic E-state index is 0.0896. The number of amides is 1. The molecule has 0 aliphatic carbocycles. The molecule has 0 spiro atoms. The summed E-state index contributed by atoms with van der Waals surface area (Å²) < 4.78 is 0. The van der Waals surface area contributed by atoms with Gasteiger partial charge in [-0.2, -0.15) is 0 Å². The third-order valence-electron chi connectivity index (χ3n) is 3.95. The zero-order chi connectivity index (χ0) is 14.7. The maximum absolute atomic E-state index is 12.2. The first-order valence-corrected chi connectivity index (χ1v) is 7.71. The van der Waals surface area contributed by atoms with Crippen molar-refractivity contribution in [3.05, 3.63) is 28.8 Å². The molecule has 1 aliphatic rings. The molecule has 2 rings (SSSR count). The van der Waals surface area contributed by atoms with Gasteiger partial charge in [-0.1, -0.05) is 25.4 Å². The third-order valence-corrected chi connectivity index (χ3v) is 4.19. The van der Waals surface area contributed by atoms with Gasteiger partial charge in [-0.05, 0) is 37.1 Å². The SMILES string of the molecule is Cc1cc(Cl)ccc1NC(=O)C[NH+]1C[C@H](C)C[C@H](C)C1. The molecule has 0 saturated carbocycles. The number of halogens is 1. The molecule has 20 heavy (non-hydrogen) atoms. The zero-order valence-corrected chi connectivity index (χ0v) is 13.3. The van der Waals surface area contributed by atoms with E-state index in [1.54, 1.807) is 0 Å². The fourth-order valence-corrected chi connectivity index (χ4v) is 3.48. The lowest BCUT2D eigenvalue weighted by Gasteiger charge is -2.31. The number of carbonyl (C=O) groups is 1. The summed E-state index contributed by atoms with van der Waals surface area (Å²) in [6.45, 7) is 9.25. The van der Waals surface area contributed by atoms with Gasteiger partial charge in [-0.3, -0.25) is 4.79 Å². The molecule has 1 amide bonds. The van der Waals surface area contributed by atoms with Crippen molar-refractivity contribution in [2.75, 3.05) is 25.0 Å². The van der Waals surface area contributed by atoms with Crippen LogP contribution in [0.15, 0.2) is 18.2 Å². The van der Waals surface area contributed by atoms with E-state index in [0.29, 0.717) is 23.4 Å². The van der Waals surface area contributed by atoms with Gasteiger partial charge in [-0.25, -0.2) is 0 Å². The van der Waals surface area contributed by atoms with E-state index in [2.05, 4.69) is 19.2 Å². The molecule has 1 fully saturated rings. The summed E-state index contributed by atoms with van der Waals surface area (Å²) in [6, 6.07) is 5.55. The Balaban J connectivity index is 1.92. The highest BCUT2D eigenvalue weighted by Crippen LogP contribution is 2.19. The quantitative estimate of drug-likeness (QED) is 0.880. The molecule has 3 atom stereocenters. The second-order valence-corrected chi connectivity index (χ2v) is 6.72. The lowest BCUT2D eigenvalue weighted by molar-refractivity contribution is -0.904. The van der Waals surface area contributed by atoms with Crippen molar-refractivity contribution >= 4 is 23.2 Å². The number of carbonyl (C=O) groups excluding carboxylic acids is 1. The first kappa shape index (κ1) is 15.3. The molecule has 0 radical (unpaired) electrons. The number of hydrogen-bond donors (Lipinski definition) is 2. The summed E-state index contributed by atoms with van der Waals surface area (Å²) in [6.07, 6.45) is 1.28. The molecule has 0 bridgehead atoms. The van der Waals surface area contributed by atoms with Crippen molar-refractivity contribution in [1.82, 2.24) is 0 Å². The van der Waals surface area contributed by atoms with Crippen LogP contribution in [-0.4, -0.2) is 25.5 Å². The zero-order valence-electron chi connectivity index (χ0n) is 12.5. The first-order chi connectivity index (χ1) is 9.44. The Bertz CT molecular complexity index is 479. The van der Waals surface area contributed by atoms with Gasteiger partial charge in [0.15, 0.2) is 6.54 Å². The fourth-order valence-electron chi connectivity index (χ4n) is 3.26. The molecule has 1 aliphatic heterocycles. The normalized spacial score (nSPS) is 26.3. The highest BCUT2D eigenvalue weighted by atomic mass is 35.5. The van der Waals surface area contributed by atoms with Crippen LogP contribution in [0.1, 0.15) is 25.8 Å². The maximum Gasteiger partial charge on any atom is 0.279 e. The Labute approximate surface area is 126 Å². The van der Waals surface area contributed by atoms with E-state index in [4.69, 9.17) is 11.6 Å². The van der Waals surface area contributed by atoms with Crippen molar-refractivity contribution in [3.63, 3.8) is 0 Å². The van der Waals surface area contributed by atoms with E-state index in [1.807, 2.05) is 25.1 Å². The molecule has 3 nitrogen and oxygen atoms in total. The topological polar surface area (TPSA) is 33.5 Å². The van der Waals surface area contributed by atoms with Gasteiger partial charge in [0.05, 0.1) is 13.1 Å². The van der Waals surface area contributed by atoms with Crippen LogP contribution in [0.2, 0.25) is 5.02 Å². The van der Waals surface area contributed by atoms with E-state index in [0.717, 1.165) is 24.3 Å². The fraction of sp³-hybridized carbons (Fsp3) is 0.562. The third kappa shape index (κ3) is 4.22. The number of aryl methyl sites for hydroxylation is 1. The van der Waals surface area contributed by atoms with Gasteiger partial charge in [0, 0.05) is 22.5 Å². The van der Waals surface area contributed by atoms with Gasteiger partial charge in [0.1, 0.15) is 0 Å². The minimum atomic E-state index is 0.0896. The van der Waals surface area contributed by atoms with Crippen molar-refractivity contribution in [1.29, 1.82) is 0 Å². The number of rotatable bonds is 3. The highest BCUT2D eigenvalue weighted by molar-refractivity contribution is 6.30. The second kappa shape index (κ2) is 6.59. The molecule has 0 aromatic heterocycles. The predicted molar refractivity (Wildman–Crippen MR) is 83.3 cm³/mol. The first-order valence-electron chi connectivity index (χ1n) is 7.33. The Morgan fingerprint density at radius 3 is 2.60 bits per heavy atom. The Morgan fingerprint density at radius 1 is 1.35 bits per heavy atom. The molecule has 2 N–H and O–H groups in total. The molecule has 1 heterocycles. The number of hydrogen-bond acceptors (Lipinski definition) is 1. The van der Waals surface area contributed by atoms with Crippen molar-refractivity contribution in [3.8, 4) is 0 Å². The predicted octanol–water partition coefficient (Wildman–Crippen LogP) is 2.15. The summed E-state index contributed by atoms with van der Waals surface area (Å²) in [7, 11) is 0. The smallest absolute Gasteiger partial charge is 0.279 e. The molecule has 1 saturated heterocycles. The maximum atomic E-state index is 12.2. The van der Waals surface area contributed by atoms with Crippen LogP contribution < -0.4 is 10.2 Å². The van der Waals surface area contributed by atoms with E-state index in [1.165, 1.54) is 11.3 Å². The summed E-state index contributed by atoms with van der Waals surface area (Å²) in [5.41, 5.74) is 1.86. The minimum Gasteiger partial charge on any atom is -0.327 e. The standard InChI is InChI=1S/C16H23ClN2O/c1-11-6-12(2)9-19(8-11)10-16(20)18-15-5-4-14(17)7-13(15)3/h4-5,7,11-12H,6,8-10H2,1-3H3,(H,18,20)/p+1/t11-,12+. The Morgan fingerprint density at radius 2 is 2.00 bits per heavy atom. The van der Waals surface area contributed by atoms with Crippen LogP contribution in [0.3, 0.4) is 0 Å². The van der Waals surface area contributed by atoms with E-state index >= 15 is 0 Å². The largest absolute Gasteiger partial charge is 0.327 e.